The molecule has 0 unspecified atom stereocenters. The standard InChI is InChI=1S/C10H12O6/c1-14-6-15-8-4-2-3-7(5-8)9(11)10(12,13)16-9/h2-5,11-13H,6H2,1H3/t9-/m1/s1. The van der Waals surface area contributed by atoms with Crippen molar-refractivity contribution in [2.75, 3.05) is 13.9 Å². The SMILES string of the molecule is COCOc1cccc([C@@]2(O)OC2(O)O)c1. The lowest BCUT2D eigenvalue weighted by Gasteiger charge is -2.09. The molecule has 0 aromatic heterocycles. The predicted molar refractivity (Wildman–Crippen MR) is 51.1 cm³/mol. The topological polar surface area (TPSA) is 91.7 Å². The number of hydrogen-bond donors (Lipinski definition) is 3. The lowest BCUT2D eigenvalue weighted by atomic mass is 10.1. The van der Waals surface area contributed by atoms with Crippen LogP contribution in [0.25, 0.3) is 0 Å². The second-order valence-electron chi connectivity index (χ2n) is 3.43. The zero-order valence-corrected chi connectivity index (χ0v) is 8.58. The molecule has 2 rings (SSSR count). The Morgan fingerprint density at radius 1 is 1.31 bits per heavy atom. The molecule has 1 aliphatic rings. The van der Waals surface area contributed by atoms with Gasteiger partial charge < -0.3 is 24.8 Å². The fourth-order valence-electron chi connectivity index (χ4n) is 1.35. The number of ether oxygens (including phenoxy) is 3. The van der Waals surface area contributed by atoms with Crippen molar-refractivity contribution in [3.63, 3.8) is 0 Å². The summed E-state index contributed by atoms with van der Waals surface area (Å²) in [6, 6.07) is 6.17. The molecule has 0 saturated carbocycles. The molecule has 1 heterocycles. The first-order valence-corrected chi connectivity index (χ1v) is 4.59. The van der Waals surface area contributed by atoms with Gasteiger partial charge in [0.25, 0.3) is 5.79 Å². The maximum absolute atomic E-state index is 9.67. The molecular formula is C10H12O6. The molecule has 0 spiro atoms. The van der Waals surface area contributed by atoms with E-state index in [1.165, 1.54) is 19.2 Å². The van der Waals surface area contributed by atoms with Crippen molar-refractivity contribution in [2.24, 2.45) is 0 Å². The minimum atomic E-state index is -2.53. The minimum Gasteiger partial charge on any atom is -0.468 e. The van der Waals surface area contributed by atoms with Gasteiger partial charge >= 0.3 is 5.97 Å². The van der Waals surface area contributed by atoms with E-state index < -0.39 is 11.8 Å². The fraction of sp³-hybridized carbons (Fsp3) is 0.400. The summed E-state index contributed by atoms with van der Waals surface area (Å²) < 4.78 is 14.3. The second kappa shape index (κ2) is 3.69. The highest BCUT2D eigenvalue weighted by atomic mass is 16.9. The fourth-order valence-corrected chi connectivity index (χ4v) is 1.35. The third kappa shape index (κ3) is 1.77. The Balaban J connectivity index is 2.17. The van der Waals surface area contributed by atoms with Gasteiger partial charge in [-0.1, -0.05) is 12.1 Å². The maximum Gasteiger partial charge on any atom is 0.343 e. The van der Waals surface area contributed by atoms with Gasteiger partial charge in [-0.25, -0.2) is 0 Å². The minimum absolute atomic E-state index is 0.0616. The highest BCUT2D eigenvalue weighted by Gasteiger charge is 2.71. The smallest absolute Gasteiger partial charge is 0.343 e. The summed E-state index contributed by atoms with van der Waals surface area (Å²) in [5.41, 5.74) is 0.200. The van der Waals surface area contributed by atoms with Crippen LogP contribution in [0, 0.1) is 0 Å². The summed E-state index contributed by atoms with van der Waals surface area (Å²) in [4.78, 5) is 0. The number of hydrogen-bond acceptors (Lipinski definition) is 6. The van der Waals surface area contributed by atoms with Crippen LogP contribution in [0.15, 0.2) is 24.3 Å². The molecule has 0 radical (unpaired) electrons. The van der Waals surface area contributed by atoms with Crippen molar-refractivity contribution in [1.29, 1.82) is 0 Å². The zero-order chi connectivity index (χ0) is 11.8. The summed E-state index contributed by atoms with van der Waals surface area (Å²) >= 11 is 0. The summed E-state index contributed by atoms with van der Waals surface area (Å²) in [7, 11) is 1.48. The van der Waals surface area contributed by atoms with Gasteiger partial charge in [-0.2, -0.15) is 0 Å². The second-order valence-corrected chi connectivity index (χ2v) is 3.43. The van der Waals surface area contributed by atoms with Crippen molar-refractivity contribution < 1.29 is 29.5 Å². The lowest BCUT2D eigenvalue weighted by Crippen LogP contribution is -2.22. The molecule has 3 N–H and O–H groups in total. The van der Waals surface area contributed by atoms with Crippen molar-refractivity contribution in [2.45, 2.75) is 11.8 Å². The van der Waals surface area contributed by atoms with Crippen LogP contribution in [0.3, 0.4) is 0 Å². The highest BCUT2D eigenvalue weighted by Crippen LogP contribution is 2.50. The average molecular weight is 228 g/mol. The van der Waals surface area contributed by atoms with Crippen LogP contribution < -0.4 is 4.74 Å². The first-order valence-electron chi connectivity index (χ1n) is 4.59. The molecule has 0 amide bonds. The first-order chi connectivity index (χ1) is 7.49. The van der Waals surface area contributed by atoms with Gasteiger partial charge in [0.2, 0.25) is 0 Å². The Bertz CT molecular complexity index is 391. The van der Waals surface area contributed by atoms with Crippen LogP contribution in [-0.2, 0) is 15.3 Å². The molecule has 1 aromatic carbocycles. The number of benzene rings is 1. The molecule has 0 aliphatic carbocycles. The number of rotatable bonds is 4. The van der Waals surface area contributed by atoms with E-state index in [-0.39, 0.29) is 12.4 Å². The molecule has 16 heavy (non-hydrogen) atoms. The third-order valence-corrected chi connectivity index (χ3v) is 2.26. The molecule has 1 aromatic rings. The molecule has 1 atom stereocenters. The normalized spacial score (nSPS) is 26.5. The zero-order valence-electron chi connectivity index (χ0n) is 8.58. The Hall–Kier alpha value is -1.18. The van der Waals surface area contributed by atoms with Gasteiger partial charge in [-0.3, -0.25) is 4.74 Å². The molecular weight excluding hydrogens is 216 g/mol. The number of epoxide rings is 1. The van der Waals surface area contributed by atoms with Crippen LogP contribution in [0.1, 0.15) is 5.56 Å². The van der Waals surface area contributed by atoms with Crippen LogP contribution >= 0.6 is 0 Å². The van der Waals surface area contributed by atoms with Crippen molar-refractivity contribution in [3.8, 4) is 5.75 Å². The van der Waals surface area contributed by atoms with Gasteiger partial charge in [0.1, 0.15) is 5.75 Å². The first kappa shape index (κ1) is 11.3. The average Bonchev–Trinajstić information content (AvgIpc) is 2.77. The third-order valence-electron chi connectivity index (χ3n) is 2.26. The molecule has 6 heteroatoms. The van der Waals surface area contributed by atoms with Crippen molar-refractivity contribution in [1.82, 2.24) is 0 Å². The van der Waals surface area contributed by atoms with Gasteiger partial charge in [0.05, 0.1) is 0 Å². The van der Waals surface area contributed by atoms with Crippen molar-refractivity contribution in [3.05, 3.63) is 29.8 Å². The van der Waals surface area contributed by atoms with E-state index in [0.29, 0.717) is 5.75 Å². The monoisotopic (exact) mass is 228 g/mol. The summed E-state index contributed by atoms with van der Waals surface area (Å²) in [5, 5.41) is 27.8. The molecule has 88 valence electrons. The number of aliphatic hydroxyl groups is 3. The Morgan fingerprint density at radius 3 is 2.56 bits per heavy atom. The summed E-state index contributed by atoms with van der Waals surface area (Å²) in [6.45, 7) is 0.0616. The van der Waals surface area contributed by atoms with Gasteiger partial charge in [-0.15, -0.1) is 0 Å². The van der Waals surface area contributed by atoms with Crippen LogP contribution in [0.2, 0.25) is 0 Å². The van der Waals surface area contributed by atoms with Gasteiger partial charge in [-0.05, 0) is 12.1 Å². The van der Waals surface area contributed by atoms with Crippen LogP contribution in [0.5, 0.6) is 5.75 Å². The molecule has 1 fully saturated rings. The Kier molecular flexibility index (Phi) is 2.61. The van der Waals surface area contributed by atoms with Crippen LogP contribution in [-0.4, -0.2) is 35.2 Å². The molecule has 6 nitrogen and oxygen atoms in total. The Labute approximate surface area is 91.6 Å². The summed E-state index contributed by atoms with van der Waals surface area (Å²) in [6.07, 6.45) is 0. The predicted octanol–water partition coefficient (Wildman–Crippen LogP) is -0.517. The number of methoxy groups -OCH3 is 1. The highest BCUT2D eigenvalue weighted by molar-refractivity contribution is 5.34. The Morgan fingerprint density at radius 2 is 2.00 bits per heavy atom. The van der Waals surface area contributed by atoms with E-state index >= 15 is 0 Å². The van der Waals surface area contributed by atoms with E-state index in [4.69, 9.17) is 19.7 Å². The van der Waals surface area contributed by atoms with Gasteiger partial charge in [0.15, 0.2) is 6.79 Å². The lowest BCUT2D eigenvalue weighted by molar-refractivity contribution is -0.161. The van der Waals surface area contributed by atoms with Crippen molar-refractivity contribution >= 4 is 0 Å². The van der Waals surface area contributed by atoms with E-state index in [2.05, 4.69) is 4.74 Å². The van der Waals surface area contributed by atoms with E-state index in [1.54, 1.807) is 12.1 Å². The van der Waals surface area contributed by atoms with Crippen LogP contribution in [0.4, 0.5) is 0 Å². The largest absolute Gasteiger partial charge is 0.468 e. The maximum atomic E-state index is 9.67. The van der Waals surface area contributed by atoms with Gasteiger partial charge in [0, 0.05) is 12.7 Å². The molecule has 0 bridgehead atoms. The molecule has 1 saturated heterocycles. The van der Waals surface area contributed by atoms with E-state index in [9.17, 15) is 5.11 Å². The van der Waals surface area contributed by atoms with E-state index in [0.717, 1.165) is 0 Å². The van der Waals surface area contributed by atoms with E-state index in [1.807, 2.05) is 0 Å². The molecule has 1 aliphatic heterocycles. The summed E-state index contributed by atoms with van der Waals surface area (Å²) in [5.74, 6) is -4.19. The quantitative estimate of drug-likeness (QED) is 0.474.